The quantitative estimate of drug-likeness (QED) is 0.679. The van der Waals surface area contributed by atoms with Gasteiger partial charge in [-0.25, -0.2) is 8.42 Å². The van der Waals surface area contributed by atoms with Gasteiger partial charge in [-0.2, -0.15) is 9.57 Å². The van der Waals surface area contributed by atoms with E-state index in [1.54, 1.807) is 0 Å². The molecule has 8 heteroatoms. The smallest absolute Gasteiger partial charge is 0.256 e. The number of benzene rings is 1. The molecule has 1 aromatic heterocycles. The van der Waals surface area contributed by atoms with Crippen molar-refractivity contribution in [2.24, 2.45) is 0 Å². The van der Waals surface area contributed by atoms with E-state index in [9.17, 15) is 18.5 Å². The van der Waals surface area contributed by atoms with Gasteiger partial charge in [0.25, 0.3) is 5.91 Å². The molecule has 1 N–H and O–H groups in total. The second-order valence-electron chi connectivity index (χ2n) is 7.00. The fourth-order valence-electron chi connectivity index (χ4n) is 3.50. The van der Waals surface area contributed by atoms with E-state index in [1.165, 1.54) is 44.8 Å². The zero-order valence-corrected chi connectivity index (χ0v) is 18.3. The van der Waals surface area contributed by atoms with Crippen LogP contribution in [0.25, 0.3) is 0 Å². The number of aryl methyl sites for hydroxylation is 1. The van der Waals surface area contributed by atoms with Gasteiger partial charge >= 0.3 is 0 Å². The Labute approximate surface area is 176 Å². The van der Waals surface area contributed by atoms with Gasteiger partial charge in [0, 0.05) is 23.5 Å². The summed E-state index contributed by atoms with van der Waals surface area (Å²) in [6.07, 6.45) is 4.60. The first kappa shape index (κ1) is 21.5. The predicted octanol–water partition coefficient (Wildman–Crippen LogP) is 4.17. The molecule has 0 unspecified atom stereocenters. The molecule has 154 valence electrons. The summed E-state index contributed by atoms with van der Waals surface area (Å²) in [5.41, 5.74) is 1.98. The highest BCUT2D eigenvalue weighted by Crippen LogP contribution is 2.38. The number of rotatable bonds is 8. The molecular formula is C21H25N3O3S2. The minimum Gasteiger partial charge on any atom is -0.312 e. The van der Waals surface area contributed by atoms with Gasteiger partial charge < -0.3 is 5.32 Å². The Bertz CT molecular complexity index is 1030. The summed E-state index contributed by atoms with van der Waals surface area (Å²) in [6.45, 7) is 4.73. The molecule has 6 nitrogen and oxygen atoms in total. The molecule has 0 bridgehead atoms. The summed E-state index contributed by atoms with van der Waals surface area (Å²) in [5.74, 6) is -0.344. The Balaban J connectivity index is 1.77. The fraction of sp³-hybridized carbons (Fsp3) is 0.429. The lowest BCUT2D eigenvalue weighted by atomic mass is 10.1. The Morgan fingerprint density at radius 2 is 1.97 bits per heavy atom. The zero-order chi connectivity index (χ0) is 21.0. The third kappa shape index (κ3) is 4.37. The first-order valence-electron chi connectivity index (χ1n) is 9.88. The standard InChI is InChI=1S/C21H25N3O3S2/c1-3-5-13-24(4-2)29(26,27)16-11-9-15(10-12-16)20(25)23-21-18(14-22)17-7-6-8-19(17)28-21/h9-12H,3-8,13H2,1-2H3,(H,23,25). The molecule has 1 aliphatic carbocycles. The largest absolute Gasteiger partial charge is 0.312 e. The van der Waals surface area contributed by atoms with Crippen LogP contribution in [0.4, 0.5) is 5.00 Å². The third-order valence-electron chi connectivity index (χ3n) is 5.13. The molecule has 0 saturated heterocycles. The van der Waals surface area contributed by atoms with Crippen LogP contribution in [-0.4, -0.2) is 31.7 Å². The van der Waals surface area contributed by atoms with Gasteiger partial charge in [-0.05, 0) is 55.5 Å². The van der Waals surface area contributed by atoms with Crippen molar-refractivity contribution in [2.75, 3.05) is 18.4 Å². The Morgan fingerprint density at radius 1 is 1.24 bits per heavy atom. The second kappa shape index (κ2) is 9.08. The number of thiophene rings is 1. The van der Waals surface area contributed by atoms with Crippen molar-refractivity contribution >= 4 is 32.3 Å². The van der Waals surface area contributed by atoms with Crippen LogP contribution in [0.3, 0.4) is 0 Å². The van der Waals surface area contributed by atoms with E-state index < -0.39 is 10.0 Å². The number of hydrogen-bond donors (Lipinski definition) is 1. The summed E-state index contributed by atoms with van der Waals surface area (Å²) in [5, 5.41) is 12.9. The van der Waals surface area contributed by atoms with Crippen LogP contribution in [0.2, 0.25) is 0 Å². The maximum Gasteiger partial charge on any atom is 0.256 e. The van der Waals surface area contributed by atoms with E-state index in [4.69, 9.17) is 0 Å². The van der Waals surface area contributed by atoms with Crippen molar-refractivity contribution in [2.45, 2.75) is 50.8 Å². The van der Waals surface area contributed by atoms with Crippen molar-refractivity contribution in [3.8, 4) is 6.07 Å². The van der Waals surface area contributed by atoms with E-state index in [-0.39, 0.29) is 10.8 Å². The number of nitrogens with one attached hydrogen (secondary N) is 1. The van der Waals surface area contributed by atoms with Gasteiger partial charge in [-0.1, -0.05) is 20.3 Å². The van der Waals surface area contributed by atoms with Gasteiger partial charge in [0.2, 0.25) is 10.0 Å². The monoisotopic (exact) mass is 431 g/mol. The van der Waals surface area contributed by atoms with Crippen LogP contribution in [-0.2, 0) is 22.9 Å². The topological polar surface area (TPSA) is 90.3 Å². The highest BCUT2D eigenvalue weighted by Gasteiger charge is 2.25. The van der Waals surface area contributed by atoms with Crippen LogP contribution >= 0.6 is 11.3 Å². The van der Waals surface area contributed by atoms with Crippen molar-refractivity contribution in [1.82, 2.24) is 4.31 Å². The Kier molecular flexibility index (Phi) is 6.73. The summed E-state index contributed by atoms with van der Waals surface area (Å²) < 4.78 is 27.0. The maximum absolute atomic E-state index is 12.8. The highest BCUT2D eigenvalue weighted by molar-refractivity contribution is 7.89. The number of amides is 1. The number of nitrogens with zero attached hydrogens (tertiary/aromatic N) is 2. The number of unbranched alkanes of at least 4 members (excludes halogenated alkanes) is 1. The SMILES string of the molecule is CCCCN(CC)S(=O)(=O)c1ccc(C(=O)Nc2sc3c(c2C#N)CCC3)cc1. The number of sulfonamides is 1. The molecule has 1 heterocycles. The van der Waals surface area contributed by atoms with E-state index >= 15 is 0 Å². The summed E-state index contributed by atoms with van der Waals surface area (Å²) >= 11 is 1.46. The maximum atomic E-state index is 12.8. The minimum absolute atomic E-state index is 0.180. The number of nitriles is 1. The molecular weight excluding hydrogens is 406 g/mol. The van der Waals surface area contributed by atoms with Gasteiger partial charge in [-0.3, -0.25) is 4.79 Å². The van der Waals surface area contributed by atoms with Crippen LogP contribution in [0, 0.1) is 11.3 Å². The molecule has 0 saturated carbocycles. The Hall–Kier alpha value is -2.21. The van der Waals surface area contributed by atoms with Gasteiger partial charge in [0.05, 0.1) is 10.5 Å². The minimum atomic E-state index is -3.57. The predicted molar refractivity (Wildman–Crippen MR) is 115 cm³/mol. The van der Waals surface area contributed by atoms with Gasteiger partial charge in [0.15, 0.2) is 0 Å². The zero-order valence-electron chi connectivity index (χ0n) is 16.7. The Morgan fingerprint density at radius 3 is 2.59 bits per heavy atom. The lowest BCUT2D eigenvalue weighted by Crippen LogP contribution is -2.31. The molecule has 2 aromatic rings. The highest BCUT2D eigenvalue weighted by atomic mass is 32.2. The molecule has 0 atom stereocenters. The van der Waals surface area contributed by atoms with Crippen LogP contribution < -0.4 is 5.32 Å². The van der Waals surface area contributed by atoms with Crippen LogP contribution in [0.1, 0.15) is 59.5 Å². The fourth-order valence-corrected chi connectivity index (χ4v) is 6.22. The normalized spacial score (nSPS) is 13.3. The van der Waals surface area contributed by atoms with Crippen molar-refractivity contribution in [1.29, 1.82) is 5.26 Å². The van der Waals surface area contributed by atoms with E-state index in [0.717, 1.165) is 37.7 Å². The first-order chi connectivity index (χ1) is 13.9. The van der Waals surface area contributed by atoms with E-state index in [0.29, 0.717) is 29.2 Å². The van der Waals surface area contributed by atoms with Gasteiger partial charge in [-0.15, -0.1) is 11.3 Å². The number of anilines is 1. The molecule has 0 aliphatic heterocycles. The molecule has 0 radical (unpaired) electrons. The lowest BCUT2D eigenvalue weighted by Gasteiger charge is -2.20. The molecule has 1 aromatic carbocycles. The molecule has 29 heavy (non-hydrogen) atoms. The molecule has 0 fully saturated rings. The van der Waals surface area contributed by atoms with Gasteiger partial charge in [0.1, 0.15) is 11.1 Å². The summed E-state index contributed by atoms with van der Waals surface area (Å²) in [4.78, 5) is 14.0. The number of fused-ring (bicyclic) bond motifs is 1. The lowest BCUT2D eigenvalue weighted by molar-refractivity contribution is 0.102. The molecule has 3 rings (SSSR count). The molecule has 1 amide bonds. The average Bonchev–Trinajstić information content (AvgIpc) is 3.29. The second-order valence-corrected chi connectivity index (χ2v) is 10.0. The van der Waals surface area contributed by atoms with Crippen LogP contribution in [0.5, 0.6) is 0 Å². The number of carbonyl (C=O) groups excluding carboxylic acids is 1. The summed E-state index contributed by atoms with van der Waals surface area (Å²) in [7, 11) is -3.57. The van der Waals surface area contributed by atoms with Crippen molar-refractivity contribution < 1.29 is 13.2 Å². The van der Waals surface area contributed by atoms with Crippen molar-refractivity contribution in [3.05, 3.63) is 45.8 Å². The van der Waals surface area contributed by atoms with Crippen LogP contribution in [0.15, 0.2) is 29.2 Å². The molecule has 1 aliphatic rings. The molecule has 0 spiro atoms. The number of carbonyl (C=O) groups is 1. The first-order valence-corrected chi connectivity index (χ1v) is 12.1. The van der Waals surface area contributed by atoms with E-state index in [1.807, 2.05) is 13.8 Å². The average molecular weight is 432 g/mol. The van der Waals surface area contributed by atoms with Crippen molar-refractivity contribution in [3.63, 3.8) is 0 Å². The van der Waals surface area contributed by atoms with E-state index in [2.05, 4.69) is 11.4 Å². The summed E-state index contributed by atoms with van der Waals surface area (Å²) in [6, 6.07) is 8.18. The number of hydrogen-bond acceptors (Lipinski definition) is 5. The third-order valence-corrected chi connectivity index (χ3v) is 8.32.